The second-order valence-corrected chi connectivity index (χ2v) is 23.4. The van der Waals surface area contributed by atoms with Crippen molar-refractivity contribution < 1.29 is 72.5 Å². The van der Waals surface area contributed by atoms with E-state index in [9.17, 15) is 67.7 Å². The van der Waals surface area contributed by atoms with Gasteiger partial charge >= 0.3 is 5.97 Å². The van der Waals surface area contributed by atoms with E-state index in [-0.39, 0.29) is 31.8 Å². The summed E-state index contributed by atoms with van der Waals surface area (Å²) in [5.74, 6) is -13.1. The smallest absolute Gasteiger partial charge is 0.329 e. The molecule has 0 saturated carbocycles. The first-order valence-electron chi connectivity index (χ1n) is 29.7. The Bertz CT molecular complexity index is 2620. The topological polar surface area (TPSA) is 463 Å². The number of halogens is 1. The van der Waals surface area contributed by atoms with E-state index in [1.807, 2.05) is 52.9 Å². The van der Waals surface area contributed by atoms with Gasteiger partial charge in [0.25, 0.3) is 0 Å². The normalized spacial score (nSPS) is 22.7. The first-order valence-corrected chi connectivity index (χ1v) is 31.2. The number of aliphatic hydroxyl groups is 2. The summed E-state index contributed by atoms with van der Waals surface area (Å²) in [6, 6.07) is -6.87. The van der Waals surface area contributed by atoms with Gasteiger partial charge in [-0.1, -0.05) is 121 Å². The van der Waals surface area contributed by atoms with E-state index >= 15 is 0 Å². The average Bonchev–Trinajstić information content (AvgIpc) is 4.12. The molecule has 88 heavy (non-hydrogen) atoms. The van der Waals surface area contributed by atoms with Gasteiger partial charge in [-0.2, -0.15) is 0 Å². The van der Waals surface area contributed by atoms with Gasteiger partial charge in [-0.15, -0.1) is 0 Å². The van der Waals surface area contributed by atoms with Crippen LogP contribution in [0.4, 0.5) is 0 Å². The summed E-state index contributed by atoms with van der Waals surface area (Å²) in [7, 11) is 1.60. The lowest BCUT2D eigenvalue weighted by Gasteiger charge is -2.31. The predicted octanol–water partition coefficient (Wildman–Crippen LogP) is -4.23. The number of ether oxygens (including phenoxy) is 1. The van der Waals surface area contributed by atoms with Gasteiger partial charge in [0.2, 0.25) is 65.0 Å². The van der Waals surface area contributed by atoms with Crippen LogP contribution in [0.2, 0.25) is 0 Å². The third-order valence-corrected chi connectivity index (χ3v) is 17.1. The molecular formula is C57H92IN15O15. The Kier molecular flexibility index (Phi) is 31.5. The fraction of sp³-hybridized carbons (Fsp3) is 0.667. The van der Waals surface area contributed by atoms with E-state index in [4.69, 9.17) is 16.2 Å². The highest BCUT2D eigenvalue weighted by Gasteiger charge is 2.41. The maximum absolute atomic E-state index is 14.4. The highest BCUT2D eigenvalue weighted by atomic mass is 127. The Labute approximate surface area is 526 Å². The molecule has 1 fully saturated rings. The Morgan fingerprint density at radius 2 is 1.15 bits per heavy atom. The van der Waals surface area contributed by atoms with Gasteiger partial charge in [-0.25, -0.2) is 4.79 Å². The number of rotatable bonds is 32. The van der Waals surface area contributed by atoms with Crippen molar-refractivity contribution in [2.24, 2.45) is 40.1 Å². The number of aliphatic hydroxyl groups excluding tert-OH is 2. The minimum atomic E-state index is -1.83. The molecule has 1 saturated heterocycles. The second-order valence-electron chi connectivity index (χ2n) is 22.5. The molecule has 3 rings (SSSR count). The number of aliphatic imine (C=N–C) groups is 1. The van der Waals surface area contributed by atoms with E-state index in [1.54, 1.807) is 55.5 Å². The number of likely N-dealkylation sites (N-methyl/N-ethyl adjacent to an activating group) is 1. The fourth-order valence-corrected chi connectivity index (χ4v) is 9.85. The number of hydrogen-bond donors (Lipinski definition) is 16. The van der Waals surface area contributed by atoms with Crippen LogP contribution in [0.3, 0.4) is 0 Å². The van der Waals surface area contributed by atoms with Crippen molar-refractivity contribution >= 4 is 99.5 Å². The Morgan fingerprint density at radius 1 is 0.659 bits per heavy atom. The zero-order valence-electron chi connectivity index (χ0n) is 51.7. The van der Waals surface area contributed by atoms with E-state index in [1.165, 1.54) is 13.8 Å². The lowest BCUT2D eigenvalue weighted by Crippen LogP contribution is -2.63. The second kappa shape index (κ2) is 36.9. The summed E-state index contributed by atoms with van der Waals surface area (Å²) in [6.07, 6.45) is -1.13. The number of cyclic esters (lactones) is 1. The molecule has 0 aliphatic carbocycles. The first kappa shape index (κ1) is 75.0. The molecule has 31 heteroatoms. The van der Waals surface area contributed by atoms with Crippen LogP contribution in [0.15, 0.2) is 35.3 Å². The molecule has 2 aliphatic rings. The van der Waals surface area contributed by atoms with E-state index in [0.717, 1.165) is 5.56 Å². The van der Waals surface area contributed by atoms with Crippen molar-refractivity contribution in [1.29, 1.82) is 0 Å². The molecule has 1 aromatic carbocycles. The first-order chi connectivity index (χ1) is 41.6. The van der Waals surface area contributed by atoms with Gasteiger partial charge in [0.15, 0.2) is 5.96 Å². The van der Waals surface area contributed by atoms with Crippen molar-refractivity contribution in [1.82, 2.24) is 63.8 Å². The molecule has 0 spiro atoms. The number of nitrogens with one attached hydrogen (secondary N) is 12. The average molecular weight is 1350 g/mol. The number of amides is 11. The van der Waals surface area contributed by atoms with Crippen molar-refractivity contribution in [2.45, 2.75) is 186 Å². The molecule has 30 nitrogen and oxygen atoms in total. The van der Waals surface area contributed by atoms with Crippen LogP contribution in [-0.2, 0) is 68.7 Å². The number of primary amides is 1. The Hall–Kier alpha value is -7.26. The summed E-state index contributed by atoms with van der Waals surface area (Å²) in [6.45, 7) is 12.5. The van der Waals surface area contributed by atoms with Crippen LogP contribution in [0.1, 0.15) is 106 Å². The standard InChI is InChI=1S/C57H92IN15O15/c1-11-27(4)41(70-48(79)36(61-10)21-33-17-15-14-16-18-33)52(83)67-38(25-74)50(81)65-35(19-20-40(59)76)47(78)69-43(29(6)13-3)54(85)71-42(28(5)12-2)53(84)68-39(26-75)51(82)73-45-32(9)88-56(87)44(30(7)23-58)72-49(80)37(22-34-24-62-57(60)64-34)66-46(77)31(8)63-55(45)86/h14-18,27-32,34-39,41-45,61,74-75H,11-13,19-26H2,1-10H3,(H2,59,76)(H,63,86)(H,65,81)(H,66,77)(H,67,83)(H,68,84)(H,69,78)(H,70,79)(H,71,85)(H,72,80)(H,73,82)(H3,60,62,64)/t27-,28-,29-,30-,31-,32-,34-,35+,36+,37-,38-,39-,41-,42-,43+,44-,45+/m0/s1. The quantitative estimate of drug-likeness (QED) is 0.0185. The largest absolute Gasteiger partial charge is 0.458 e. The molecule has 0 radical (unpaired) electrons. The van der Waals surface area contributed by atoms with Gasteiger partial charge in [0.05, 0.1) is 31.8 Å². The molecule has 0 bridgehead atoms. The maximum Gasteiger partial charge on any atom is 0.329 e. The van der Waals surface area contributed by atoms with Crippen LogP contribution in [0.5, 0.6) is 0 Å². The molecule has 492 valence electrons. The Morgan fingerprint density at radius 3 is 1.62 bits per heavy atom. The lowest BCUT2D eigenvalue weighted by atomic mass is 9.94. The number of nitrogens with two attached hydrogens (primary N) is 2. The third-order valence-electron chi connectivity index (χ3n) is 15.7. The number of esters is 1. The van der Waals surface area contributed by atoms with E-state index < -0.39 is 199 Å². The van der Waals surface area contributed by atoms with Crippen molar-refractivity contribution in [3.05, 3.63) is 35.9 Å². The molecule has 18 N–H and O–H groups in total. The monoisotopic (exact) mass is 1350 g/mol. The fourth-order valence-electron chi connectivity index (χ4n) is 9.35. The van der Waals surface area contributed by atoms with Gasteiger partial charge < -0.3 is 90.2 Å². The van der Waals surface area contributed by atoms with Crippen molar-refractivity contribution in [3.63, 3.8) is 0 Å². The third kappa shape index (κ3) is 22.7. The number of carbonyl (C=O) groups excluding carboxylic acids is 12. The summed E-state index contributed by atoms with van der Waals surface area (Å²) in [5.41, 5.74) is 12.1. The van der Waals surface area contributed by atoms with Crippen LogP contribution >= 0.6 is 22.6 Å². The Balaban J connectivity index is 1.85. The van der Waals surface area contributed by atoms with E-state index in [2.05, 4.69) is 68.8 Å². The molecule has 0 aromatic heterocycles. The summed E-state index contributed by atoms with van der Waals surface area (Å²) < 4.78 is 6.06. The number of nitrogens with zero attached hydrogens (tertiary/aromatic N) is 1. The molecule has 2 heterocycles. The summed E-state index contributed by atoms with van der Waals surface area (Å²) >= 11 is 2.01. The number of guanidine groups is 1. The molecular weight excluding hydrogens is 1260 g/mol. The van der Waals surface area contributed by atoms with Gasteiger partial charge in [0, 0.05) is 10.8 Å². The minimum absolute atomic E-state index is 0.0122. The molecule has 11 amide bonds. The zero-order chi connectivity index (χ0) is 66.1. The lowest BCUT2D eigenvalue weighted by molar-refractivity contribution is -0.157. The molecule has 17 atom stereocenters. The zero-order valence-corrected chi connectivity index (χ0v) is 53.8. The van der Waals surface area contributed by atoms with Crippen LogP contribution in [0, 0.1) is 23.7 Å². The predicted molar refractivity (Wildman–Crippen MR) is 331 cm³/mol. The number of carbonyl (C=O) groups is 12. The maximum atomic E-state index is 14.4. The SMILES string of the molecule is CC[C@H](C)[C@H](NC(=O)[C@@H](Cc1ccccc1)NC)C(=O)N[C@@H](CO)C(=O)N[C@H](CCC(N)=O)C(=O)N[C@@H](C(=O)N[C@H](C(=O)N[C@@H](CO)C(=O)N[C@H]1C(=O)N[C@@H](C)C(=O)N[C@@H](C[C@H]2CN=C(N)N2)C(=O)N[C@@H]([C@@H](C)CI)C(=O)O[C@H]1C)[C@@H](C)CC)[C@@H](C)CC. The van der Waals surface area contributed by atoms with Gasteiger partial charge in [-0.3, -0.25) is 57.7 Å². The molecule has 0 unspecified atom stereocenters. The van der Waals surface area contributed by atoms with Gasteiger partial charge in [0.1, 0.15) is 66.5 Å². The van der Waals surface area contributed by atoms with Crippen LogP contribution < -0.4 is 75.3 Å². The van der Waals surface area contributed by atoms with Crippen LogP contribution in [0.25, 0.3) is 0 Å². The number of benzene rings is 1. The highest BCUT2D eigenvalue weighted by molar-refractivity contribution is 14.1. The van der Waals surface area contributed by atoms with Crippen molar-refractivity contribution in [2.75, 3.05) is 31.2 Å². The minimum Gasteiger partial charge on any atom is -0.458 e. The number of hydrogen-bond acceptors (Lipinski definition) is 19. The number of alkyl halides is 1. The van der Waals surface area contributed by atoms with Crippen molar-refractivity contribution in [3.8, 4) is 0 Å². The summed E-state index contributed by atoms with van der Waals surface area (Å²) in [5, 5.41) is 52.3. The van der Waals surface area contributed by atoms with Crippen LogP contribution in [-0.4, -0.2) is 197 Å². The van der Waals surface area contributed by atoms with E-state index in [0.29, 0.717) is 17.3 Å². The molecule has 2 aliphatic heterocycles. The molecule has 1 aromatic rings. The summed E-state index contributed by atoms with van der Waals surface area (Å²) in [4.78, 5) is 170. The highest BCUT2D eigenvalue weighted by Crippen LogP contribution is 2.18. The van der Waals surface area contributed by atoms with Gasteiger partial charge in [-0.05, 0) is 69.4 Å².